The molecular formula is C20H28O2. The van der Waals surface area contributed by atoms with Crippen LogP contribution < -0.4 is 0 Å². The molecule has 0 aromatic heterocycles. The maximum absolute atomic E-state index is 12.4. The van der Waals surface area contributed by atoms with E-state index >= 15 is 0 Å². The largest absolute Gasteiger partial charge is 0.388 e. The first-order valence-electron chi connectivity index (χ1n) is 8.53. The number of hydrogen-bond donors (Lipinski definition) is 1. The van der Waals surface area contributed by atoms with Crippen LogP contribution in [0.2, 0.25) is 0 Å². The van der Waals surface area contributed by atoms with Gasteiger partial charge in [-0.3, -0.25) is 4.79 Å². The van der Waals surface area contributed by atoms with Gasteiger partial charge in [-0.25, -0.2) is 0 Å². The molecule has 2 nitrogen and oxygen atoms in total. The van der Waals surface area contributed by atoms with Crippen LogP contribution >= 0.6 is 0 Å². The maximum atomic E-state index is 12.4. The minimum atomic E-state index is -0.447. The zero-order chi connectivity index (χ0) is 16.3. The van der Waals surface area contributed by atoms with Crippen LogP contribution in [0.15, 0.2) is 18.2 Å². The highest BCUT2D eigenvalue weighted by Gasteiger charge is 2.55. The van der Waals surface area contributed by atoms with Crippen molar-refractivity contribution >= 4 is 5.78 Å². The molecule has 2 aliphatic rings. The zero-order valence-corrected chi connectivity index (χ0v) is 14.4. The monoisotopic (exact) mass is 300 g/mol. The lowest BCUT2D eigenvalue weighted by Gasteiger charge is -2.54. The number of fused-ring (bicyclic) bond motifs is 3. The molecule has 3 rings (SSSR count). The average molecular weight is 300 g/mol. The topological polar surface area (TPSA) is 37.3 Å². The summed E-state index contributed by atoms with van der Waals surface area (Å²) in [5, 5.41) is 10.7. The molecule has 22 heavy (non-hydrogen) atoms. The van der Waals surface area contributed by atoms with E-state index in [0.29, 0.717) is 24.5 Å². The van der Waals surface area contributed by atoms with Crippen molar-refractivity contribution < 1.29 is 9.90 Å². The molecule has 0 radical (unpaired) electrons. The van der Waals surface area contributed by atoms with Crippen LogP contribution in [-0.4, -0.2) is 10.9 Å². The van der Waals surface area contributed by atoms with E-state index in [9.17, 15) is 9.90 Å². The van der Waals surface area contributed by atoms with E-state index in [1.54, 1.807) is 0 Å². The van der Waals surface area contributed by atoms with Crippen molar-refractivity contribution in [3.05, 3.63) is 34.9 Å². The molecule has 1 fully saturated rings. The SMILES string of the molecule is CC(C)c1ccc2c(c1)[C@H](O)CC1C(C)(C)C(=O)CC[C@]21C. The Bertz CT molecular complexity index is 614. The molecule has 1 aromatic rings. The van der Waals surface area contributed by atoms with Gasteiger partial charge in [-0.05, 0) is 46.8 Å². The number of Topliss-reactive ketones (excluding diaryl/α,β-unsaturated/α-hetero) is 1. The van der Waals surface area contributed by atoms with E-state index in [1.807, 2.05) is 0 Å². The van der Waals surface area contributed by atoms with Gasteiger partial charge in [0, 0.05) is 11.8 Å². The lowest BCUT2D eigenvalue weighted by molar-refractivity contribution is -0.138. The van der Waals surface area contributed by atoms with Crippen molar-refractivity contribution in [3.8, 4) is 0 Å². The molecule has 2 heteroatoms. The summed E-state index contributed by atoms with van der Waals surface area (Å²) in [4.78, 5) is 12.4. The number of ketones is 1. The van der Waals surface area contributed by atoms with Gasteiger partial charge >= 0.3 is 0 Å². The third-order valence-corrected chi connectivity index (χ3v) is 6.41. The van der Waals surface area contributed by atoms with Crippen molar-refractivity contribution in [3.63, 3.8) is 0 Å². The zero-order valence-electron chi connectivity index (χ0n) is 14.4. The van der Waals surface area contributed by atoms with E-state index in [1.165, 1.54) is 11.1 Å². The fraction of sp³-hybridized carbons (Fsp3) is 0.650. The molecule has 2 aliphatic carbocycles. The smallest absolute Gasteiger partial charge is 0.138 e. The van der Waals surface area contributed by atoms with Gasteiger partial charge in [-0.2, -0.15) is 0 Å². The second-order valence-electron chi connectivity index (χ2n) is 8.37. The van der Waals surface area contributed by atoms with Crippen LogP contribution in [0.3, 0.4) is 0 Å². The van der Waals surface area contributed by atoms with Crippen LogP contribution in [0.5, 0.6) is 0 Å². The highest BCUT2D eigenvalue weighted by atomic mass is 16.3. The normalized spacial score (nSPS) is 33.5. The summed E-state index contributed by atoms with van der Waals surface area (Å²) in [7, 11) is 0. The number of benzene rings is 1. The lowest BCUT2D eigenvalue weighted by atomic mass is 9.49. The summed E-state index contributed by atoms with van der Waals surface area (Å²) >= 11 is 0. The molecule has 0 bridgehead atoms. The summed E-state index contributed by atoms with van der Waals surface area (Å²) in [5.41, 5.74) is 3.30. The molecule has 1 aromatic carbocycles. The third kappa shape index (κ3) is 2.07. The Morgan fingerprint density at radius 1 is 1.23 bits per heavy atom. The second-order valence-corrected chi connectivity index (χ2v) is 8.37. The van der Waals surface area contributed by atoms with Crippen molar-refractivity contribution in [2.24, 2.45) is 11.3 Å². The number of carbonyl (C=O) groups excluding carboxylic acids is 1. The van der Waals surface area contributed by atoms with Gasteiger partial charge in [0.05, 0.1) is 6.10 Å². The van der Waals surface area contributed by atoms with E-state index < -0.39 is 6.10 Å². The van der Waals surface area contributed by atoms with Crippen LogP contribution in [0.4, 0.5) is 0 Å². The van der Waals surface area contributed by atoms with Crippen LogP contribution in [0.25, 0.3) is 0 Å². The molecule has 0 heterocycles. The fourth-order valence-electron chi connectivity index (χ4n) is 4.82. The highest BCUT2D eigenvalue weighted by Crippen LogP contribution is 2.58. The summed E-state index contributed by atoms with van der Waals surface area (Å²) in [6.07, 6.45) is 1.81. The Kier molecular flexibility index (Phi) is 3.52. The Hall–Kier alpha value is -1.15. The van der Waals surface area contributed by atoms with E-state index in [-0.39, 0.29) is 16.7 Å². The van der Waals surface area contributed by atoms with Gasteiger partial charge in [-0.15, -0.1) is 0 Å². The lowest BCUT2D eigenvalue weighted by Crippen LogP contribution is -2.52. The van der Waals surface area contributed by atoms with Crippen LogP contribution in [-0.2, 0) is 10.2 Å². The van der Waals surface area contributed by atoms with Crippen LogP contribution in [0.1, 0.15) is 82.6 Å². The third-order valence-electron chi connectivity index (χ3n) is 6.41. The predicted molar refractivity (Wildman–Crippen MR) is 89.0 cm³/mol. The Morgan fingerprint density at radius 2 is 1.91 bits per heavy atom. The van der Waals surface area contributed by atoms with Crippen molar-refractivity contribution in [1.82, 2.24) is 0 Å². The molecule has 0 spiro atoms. The van der Waals surface area contributed by atoms with E-state index in [2.05, 4.69) is 52.8 Å². The minimum Gasteiger partial charge on any atom is -0.388 e. The minimum absolute atomic E-state index is 0.00147. The molecule has 120 valence electrons. The maximum Gasteiger partial charge on any atom is 0.138 e. The molecule has 1 saturated carbocycles. The quantitative estimate of drug-likeness (QED) is 0.828. The van der Waals surface area contributed by atoms with Crippen molar-refractivity contribution in [1.29, 1.82) is 0 Å². The molecule has 0 saturated heterocycles. The standard InChI is InChI=1S/C20H28O2/c1-12(2)13-6-7-15-14(10-13)16(21)11-17-19(3,4)18(22)8-9-20(15,17)5/h6-7,10,12,16-17,21H,8-9,11H2,1-5H3/t16-,17?,20-/m1/s1. The number of aliphatic hydroxyl groups is 1. The molecule has 0 amide bonds. The van der Waals surface area contributed by atoms with Gasteiger partial charge in [0.15, 0.2) is 0 Å². The molecule has 1 N–H and O–H groups in total. The summed E-state index contributed by atoms with van der Waals surface area (Å²) < 4.78 is 0. The number of aliphatic hydroxyl groups excluding tert-OH is 1. The molecule has 1 unspecified atom stereocenters. The summed E-state index contributed by atoms with van der Waals surface area (Å²) in [5.74, 6) is 1.03. The number of hydrogen-bond acceptors (Lipinski definition) is 2. The van der Waals surface area contributed by atoms with Gasteiger partial charge in [0.1, 0.15) is 5.78 Å². The Labute approximate surface area is 133 Å². The predicted octanol–water partition coefficient (Wildman–Crippen LogP) is 4.51. The van der Waals surface area contributed by atoms with Gasteiger partial charge in [0.25, 0.3) is 0 Å². The average Bonchev–Trinajstić information content (AvgIpc) is 2.46. The molecular weight excluding hydrogens is 272 g/mol. The van der Waals surface area contributed by atoms with Crippen LogP contribution in [0, 0.1) is 11.3 Å². The summed E-state index contributed by atoms with van der Waals surface area (Å²) in [6.45, 7) is 10.8. The number of carbonyl (C=O) groups is 1. The van der Waals surface area contributed by atoms with E-state index in [4.69, 9.17) is 0 Å². The Balaban J connectivity index is 2.14. The molecule has 0 aliphatic heterocycles. The second kappa shape index (κ2) is 4.92. The summed E-state index contributed by atoms with van der Waals surface area (Å²) in [6, 6.07) is 6.61. The van der Waals surface area contributed by atoms with Gasteiger partial charge in [0.2, 0.25) is 0 Å². The fourth-order valence-corrected chi connectivity index (χ4v) is 4.82. The van der Waals surface area contributed by atoms with Gasteiger partial charge < -0.3 is 5.11 Å². The van der Waals surface area contributed by atoms with Crippen molar-refractivity contribution in [2.75, 3.05) is 0 Å². The molecule has 3 atom stereocenters. The first-order valence-corrected chi connectivity index (χ1v) is 8.53. The van der Waals surface area contributed by atoms with Gasteiger partial charge in [-0.1, -0.05) is 52.8 Å². The van der Waals surface area contributed by atoms with Crippen molar-refractivity contribution in [2.45, 2.75) is 71.3 Å². The first-order chi connectivity index (χ1) is 10.2. The number of rotatable bonds is 1. The first kappa shape index (κ1) is 15.7. The highest BCUT2D eigenvalue weighted by molar-refractivity contribution is 5.86. The van der Waals surface area contributed by atoms with E-state index in [0.717, 1.165) is 12.0 Å². The Morgan fingerprint density at radius 3 is 2.55 bits per heavy atom.